The lowest BCUT2D eigenvalue weighted by Crippen LogP contribution is -2.49. The van der Waals surface area contributed by atoms with Crippen molar-refractivity contribution in [3.05, 3.63) is 35.6 Å². The van der Waals surface area contributed by atoms with Crippen molar-refractivity contribution in [2.24, 2.45) is 11.1 Å². The van der Waals surface area contributed by atoms with Gasteiger partial charge in [-0.3, -0.25) is 4.79 Å². The van der Waals surface area contributed by atoms with Gasteiger partial charge in [-0.05, 0) is 30.0 Å². The van der Waals surface area contributed by atoms with Crippen LogP contribution in [0.5, 0.6) is 0 Å². The Morgan fingerprint density at radius 1 is 1.39 bits per heavy atom. The molecule has 3 nitrogen and oxygen atoms in total. The standard InChI is InChI=1S/C14H21FN2O/c1-9(10-6-5-7-11(15)8-10)17-13(18)12(16)14(2,3)4/h5-9,12H,16H2,1-4H3,(H,17,18)/t9-,12?/m1/s1. The number of carbonyl (C=O) groups is 1. The molecule has 4 heteroatoms. The van der Waals surface area contributed by atoms with Crippen LogP contribution in [0.4, 0.5) is 4.39 Å². The topological polar surface area (TPSA) is 55.1 Å². The predicted molar refractivity (Wildman–Crippen MR) is 70.4 cm³/mol. The zero-order chi connectivity index (χ0) is 13.9. The molecule has 18 heavy (non-hydrogen) atoms. The van der Waals surface area contributed by atoms with Crippen molar-refractivity contribution in [1.29, 1.82) is 0 Å². The van der Waals surface area contributed by atoms with Gasteiger partial charge in [0.15, 0.2) is 0 Å². The first-order chi connectivity index (χ1) is 8.21. The number of hydrogen-bond acceptors (Lipinski definition) is 2. The zero-order valence-electron chi connectivity index (χ0n) is 11.3. The van der Waals surface area contributed by atoms with Crippen LogP contribution in [0.3, 0.4) is 0 Å². The second kappa shape index (κ2) is 5.48. The average Bonchev–Trinajstić information content (AvgIpc) is 2.26. The maximum absolute atomic E-state index is 13.1. The quantitative estimate of drug-likeness (QED) is 0.867. The Bertz CT molecular complexity index is 426. The van der Waals surface area contributed by atoms with Crippen molar-refractivity contribution < 1.29 is 9.18 Å². The molecule has 0 fully saturated rings. The molecule has 2 atom stereocenters. The van der Waals surface area contributed by atoms with Crippen LogP contribution in [0.1, 0.15) is 39.3 Å². The van der Waals surface area contributed by atoms with Crippen LogP contribution >= 0.6 is 0 Å². The molecule has 0 spiro atoms. The normalized spacial score (nSPS) is 15.0. The molecule has 1 amide bonds. The molecule has 0 saturated heterocycles. The summed E-state index contributed by atoms with van der Waals surface area (Å²) in [5, 5.41) is 2.80. The molecular formula is C14H21FN2O. The summed E-state index contributed by atoms with van der Waals surface area (Å²) in [6.07, 6.45) is 0. The number of benzene rings is 1. The smallest absolute Gasteiger partial charge is 0.237 e. The predicted octanol–water partition coefficient (Wildman–Crippen LogP) is 2.38. The van der Waals surface area contributed by atoms with Crippen molar-refractivity contribution in [1.82, 2.24) is 5.32 Å². The summed E-state index contributed by atoms with van der Waals surface area (Å²) >= 11 is 0. The molecular weight excluding hydrogens is 231 g/mol. The van der Waals surface area contributed by atoms with Gasteiger partial charge in [-0.15, -0.1) is 0 Å². The second-order valence-corrected chi connectivity index (χ2v) is 5.63. The van der Waals surface area contributed by atoms with Gasteiger partial charge >= 0.3 is 0 Å². The third-order valence-corrected chi connectivity index (χ3v) is 2.92. The van der Waals surface area contributed by atoms with Gasteiger partial charge in [0.1, 0.15) is 5.82 Å². The molecule has 0 aliphatic heterocycles. The molecule has 1 rings (SSSR count). The Balaban J connectivity index is 2.71. The van der Waals surface area contributed by atoms with Crippen LogP contribution in [-0.4, -0.2) is 11.9 Å². The Kier molecular flexibility index (Phi) is 4.46. The van der Waals surface area contributed by atoms with Crippen LogP contribution in [0.15, 0.2) is 24.3 Å². The van der Waals surface area contributed by atoms with E-state index in [0.717, 1.165) is 5.56 Å². The van der Waals surface area contributed by atoms with Crippen molar-refractivity contribution in [2.75, 3.05) is 0 Å². The van der Waals surface area contributed by atoms with E-state index in [1.54, 1.807) is 12.1 Å². The lowest BCUT2D eigenvalue weighted by molar-refractivity contribution is -0.125. The van der Waals surface area contributed by atoms with Crippen molar-refractivity contribution >= 4 is 5.91 Å². The summed E-state index contributed by atoms with van der Waals surface area (Å²) < 4.78 is 13.1. The SMILES string of the molecule is C[C@@H](NC(=O)C(N)C(C)(C)C)c1cccc(F)c1. The molecule has 1 aromatic carbocycles. The van der Waals surface area contributed by atoms with Gasteiger partial charge in [0.25, 0.3) is 0 Å². The second-order valence-electron chi connectivity index (χ2n) is 5.63. The summed E-state index contributed by atoms with van der Waals surface area (Å²) in [4.78, 5) is 11.9. The Labute approximate surface area is 108 Å². The van der Waals surface area contributed by atoms with E-state index >= 15 is 0 Å². The third-order valence-electron chi connectivity index (χ3n) is 2.92. The van der Waals surface area contributed by atoms with E-state index in [9.17, 15) is 9.18 Å². The maximum Gasteiger partial charge on any atom is 0.237 e. The maximum atomic E-state index is 13.1. The summed E-state index contributed by atoms with van der Waals surface area (Å²) in [5.41, 5.74) is 6.29. The van der Waals surface area contributed by atoms with Crippen LogP contribution in [0.2, 0.25) is 0 Å². The molecule has 3 N–H and O–H groups in total. The number of halogens is 1. The van der Waals surface area contributed by atoms with Crippen LogP contribution in [-0.2, 0) is 4.79 Å². The van der Waals surface area contributed by atoms with E-state index in [2.05, 4.69) is 5.32 Å². The van der Waals surface area contributed by atoms with E-state index in [0.29, 0.717) is 0 Å². The minimum Gasteiger partial charge on any atom is -0.348 e. The number of amides is 1. The van der Waals surface area contributed by atoms with Crippen molar-refractivity contribution in [3.63, 3.8) is 0 Å². The zero-order valence-corrected chi connectivity index (χ0v) is 11.3. The highest BCUT2D eigenvalue weighted by atomic mass is 19.1. The molecule has 0 saturated carbocycles. The largest absolute Gasteiger partial charge is 0.348 e. The van der Waals surface area contributed by atoms with E-state index in [1.165, 1.54) is 12.1 Å². The van der Waals surface area contributed by atoms with Gasteiger partial charge in [-0.2, -0.15) is 0 Å². The lowest BCUT2D eigenvalue weighted by atomic mass is 9.86. The fraction of sp³-hybridized carbons (Fsp3) is 0.500. The van der Waals surface area contributed by atoms with Gasteiger partial charge in [0, 0.05) is 0 Å². The van der Waals surface area contributed by atoms with Gasteiger partial charge in [-0.25, -0.2) is 4.39 Å². The number of nitrogens with one attached hydrogen (secondary N) is 1. The Morgan fingerprint density at radius 3 is 2.50 bits per heavy atom. The molecule has 0 bridgehead atoms. The molecule has 1 aromatic rings. The highest BCUT2D eigenvalue weighted by Gasteiger charge is 2.28. The van der Waals surface area contributed by atoms with Crippen LogP contribution in [0, 0.1) is 11.2 Å². The van der Waals surface area contributed by atoms with Gasteiger partial charge in [0.2, 0.25) is 5.91 Å². The van der Waals surface area contributed by atoms with Gasteiger partial charge in [-0.1, -0.05) is 32.9 Å². The molecule has 100 valence electrons. The van der Waals surface area contributed by atoms with E-state index in [-0.39, 0.29) is 23.2 Å². The molecule has 0 heterocycles. The third kappa shape index (κ3) is 3.81. The number of carbonyl (C=O) groups excluding carboxylic acids is 1. The van der Waals surface area contributed by atoms with Gasteiger partial charge < -0.3 is 11.1 Å². The van der Waals surface area contributed by atoms with Crippen LogP contribution < -0.4 is 11.1 Å². The summed E-state index contributed by atoms with van der Waals surface area (Å²) in [6, 6.07) is 5.33. The molecule has 0 aliphatic carbocycles. The summed E-state index contributed by atoms with van der Waals surface area (Å²) in [5.74, 6) is -0.534. The highest BCUT2D eigenvalue weighted by Crippen LogP contribution is 2.19. The minimum atomic E-state index is -0.589. The number of rotatable bonds is 3. The fourth-order valence-electron chi connectivity index (χ4n) is 1.56. The van der Waals surface area contributed by atoms with E-state index in [4.69, 9.17) is 5.73 Å². The molecule has 0 aromatic heterocycles. The fourth-order valence-corrected chi connectivity index (χ4v) is 1.56. The number of hydrogen-bond donors (Lipinski definition) is 2. The summed E-state index contributed by atoms with van der Waals surface area (Å²) in [6.45, 7) is 7.53. The number of nitrogens with two attached hydrogens (primary N) is 1. The Hall–Kier alpha value is -1.42. The van der Waals surface area contributed by atoms with E-state index < -0.39 is 6.04 Å². The molecule has 1 unspecified atom stereocenters. The lowest BCUT2D eigenvalue weighted by Gasteiger charge is -2.27. The summed E-state index contributed by atoms with van der Waals surface area (Å²) in [7, 11) is 0. The molecule has 0 aliphatic rings. The van der Waals surface area contributed by atoms with Crippen molar-refractivity contribution in [2.45, 2.75) is 39.8 Å². The molecule has 0 radical (unpaired) electrons. The van der Waals surface area contributed by atoms with Crippen LogP contribution in [0.25, 0.3) is 0 Å². The first-order valence-electron chi connectivity index (χ1n) is 6.03. The monoisotopic (exact) mass is 252 g/mol. The first kappa shape index (κ1) is 14.6. The van der Waals surface area contributed by atoms with E-state index in [1.807, 2.05) is 27.7 Å². The highest BCUT2D eigenvalue weighted by molar-refractivity contribution is 5.82. The minimum absolute atomic E-state index is 0.223. The Morgan fingerprint density at radius 2 is 2.00 bits per heavy atom. The van der Waals surface area contributed by atoms with Gasteiger partial charge in [0.05, 0.1) is 12.1 Å². The average molecular weight is 252 g/mol. The first-order valence-corrected chi connectivity index (χ1v) is 6.03. The van der Waals surface area contributed by atoms with Crippen molar-refractivity contribution in [3.8, 4) is 0 Å².